The fourth-order valence-electron chi connectivity index (χ4n) is 3.35. The number of benzene rings is 2. The Kier molecular flexibility index (Phi) is 8.02. The van der Waals surface area contributed by atoms with Gasteiger partial charge in [-0.1, -0.05) is 35.1 Å². The molecule has 1 amide bonds. The van der Waals surface area contributed by atoms with E-state index >= 15 is 0 Å². The van der Waals surface area contributed by atoms with Gasteiger partial charge in [-0.25, -0.2) is 9.37 Å². The van der Waals surface area contributed by atoms with Gasteiger partial charge in [-0.3, -0.25) is 14.6 Å². The van der Waals surface area contributed by atoms with E-state index in [-0.39, 0.29) is 28.9 Å². The number of rotatable bonds is 6. The second kappa shape index (κ2) is 10.5. The molecule has 0 radical (unpaired) electrons. The highest BCUT2D eigenvalue weighted by Crippen LogP contribution is 2.31. The van der Waals surface area contributed by atoms with Crippen LogP contribution in [0.4, 0.5) is 9.52 Å². The van der Waals surface area contributed by atoms with Crippen molar-refractivity contribution in [3.63, 3.8) is 0 Å². The van der Waals surface area contributed by atoms with E-state index in [2.05, 4.69) is 9.88 Å². The van der Waals surface area contributed by atoms with Gasteiger partial charge in [-0.15, -0.1) is 12.4 Å². The van der Waals surface area contributed by atoms with E-state index in [9.17, 15) is 9.18 Å². The zero-order chi connectivity index (χ0) is 20.2. The summed E-state index contributed by atoms with van der Waals surface area (Å²) in [7, 11) is 0. The largest absolute Gasteiger partial charge is 0.379 e. The van der Waals surface area contributed by atoms with Crippen LogP contribution in [0.25, 0.3) is 10.2 Å². The minimum atomic E-state index is -0.467. The molecule has 2 heterocycles. The van der Waals surface area contributed by atoms with E-state index in [1.807, 2.05) is 24.3 Å². The summed E-state index contributed by atoms with van der Waals surface area (Å²) in [6, 6.07) is 11.6. The first-order valence-corrected chi connectivity index (χ1v) is 10.7. The topological polar surface area (TPSA) is 45.7 Å². The lowest BCUT2D eigenvalue weighted by Gasteiger charge is -2.27. The quantitative estimate of drug-likeness (QED) is 0.515. The maximum Gasteiger partial charge on any atom is 0.261 e. The summed E-state index contributed by atoms with van der Waals surface area (Å²) in [5, 5.41) is 0.729. The summed E-state index contributed by atoms with van der Waals surface area (Å²) in [6.45, 7) is 4.66. The minimum absolute atomic E-state index is 0. The lowest BCUT2D eigenvalue weighted by atomic mass is 10.2. The van der Waals surface area contributed by atoms with Crippen molar-refractivity contribution in [2.45, 2.75) is 6.42 Å². The Hall–Kier alpha value is -1.77. The van der Waals surface area contributed by atoms with Crippen molar-refractivity contribution in [2.75, 3.05) is 44.3 Å². The van der Waals surface area contributed by atoms with Crippen LogP contribution in [-0.4, -0.2) is 55.2 Å². The monoisotopic (exact) mass is 469 g/mol. The number of thiazole rings is 1. The molecule has 0 N–H and O–H groups in total. The van der Waals surface area contributed by atoms with Gasteiger partial charge in [0.15, 0.2) is 5.13 Å². The van der Waals surface area contributed by atoms with Crippen LogP contribution in [0.2, 0.25) is 5.02 Å². The molecule has 160 valence electrons. The number of hydrogen-bond donors (Lipinski definition) is 0. The Morgan fingerprint density at radius 3 is 2.73 bits per heavy atom. The third-order valence-corrected chi connectivity index (χ3v) is 6.25. The van der Waals surface area contributed by atoms with Crippen molar-refractivity contribution in [3.8, 4) is 0 Å². The maximum absolute atomic E-state index is 13.4. The molecular formula is C21H22Cl2FN3O2S. The number of morpholine rings is 1. The number of hydrogen-bond acceptors (Lipinski definition) is 5. The summed E-state index contributed by atoms with van der Waals surface area (Å²) < 4.78 is 19.8. The predicted octanol–water partition coefficient (Wildman–Crippen LogP) is 4.88. The van der Waals surface area contributed by atoms with E-state index < -0.39 is 5.82 Å². The van der Waals surface area contributed by atoms with Crippen molar-refractivity contribution < 1.29 is 13.9 Å². The normalized spacial score (nSPS) is 14.5. The van der Waals surface area contributed by atoms with Crippen LogP contribution < -0.4 is 4.90 Å². The van der Waals surface area contributed by atoms with Crippen molar-refractivity contribution in [3.05, 3.63) is 58.9 Å². The number of carbonyl (C=O) groups is 1. The van der Waals surface area contributed by atoms with Crippen LogP contribution >= 0.6 is 35.3 Å². The lowest BCUT2D eigenvalue weighted by Crippen LogP contribution is -2.39. The van der Waals surface area contributed by atoms with Crippen LogP contribution in [-0.2, 0) is 4.74 Å². The number of halogens is 3. The number of fused-ring (bicyclic) bond motifs is 1. The van der Waals surface area contributed by atoms with E-state index in [4.69, 9.17) is 16.3 Å². The lowest BCUT2D eigenvalue weighted by molar-refractivity contribution is 0.0376. The molecule has 1 saturated heterocycles. The molecule has 30 heavy (non-hydrogen) atoms. The Labute approximate surface area is 189 Å². The number of amides is 1. The maximum atomic E-state index is 13.4. The average Bonchev–Trinajstić information content (AvgIpc) is 3.15. The summed E-state index contributed by atoms with van der Waals surface area (Å²) in [5.41, 5.74) is 1.13. The van der Waals surface area contributed by atoms with Gasteiger partial charge >= 0.3 is 0 Å². The molecule has 3 aromatic rings. The van der Waals surface area contributed by atoms with Crippen LogP contribution in [0, 0.1) is 5.82 Å². The first-order valence-electron chi connectivity index (χ1n) is 9.54. The van der Waals surface area contributed by atoms with E-state index in [1.165, 1.54) is 29.5 Å². The van der Waals surface area contributed by atoms with Gasteiger partial charge < -0.3 is 4.74 Å². The third-order valence-electron chi connectivity index (χ3n) is 4.88. The van der Waals surface area contributed by atoms with Gasteiger partial charge in [-0.05, 0) is 36.8 Å². The van der Waals surface area contributed by atoms with Crippen molar-refractivity contribution >= 4 is 56.6 Å². The number of para-hydroxylation sites is 1. The highest BCUT2D eigenvalue weighted by molar-refractivity contribution is 7.22. The van der Waals surface area contributed by atoms with Crippen molar-refractivity contribution in [1.82, 2.24) is 9.88 Å². The fraction of sp³-hybridized carbons (Fsp3) is 0.333. The average molecular weight is 470 g/mol. The van der Waals surface area contributed by atoms with Crippen LogP contribution in [0.15, 0.2) is 42.5 Å². The summed E-state index contributed by atoms with van der Waals surface area (Å²) in [5.74, 6) is -0.735. The van der Waals surface area contributed by atoms with Gasteiger partial charge in [0, 0.05) is 26.2 Å². The highest BCUT2D eigenvalue weighted by Gasteiger charge is 2.23. The standard InChI is InChI=1S/C21H21ClFN3O2S.ClH/c22-17-14-15(23)6-7-16(17)20(27)26(9-3-8-25-10-12-28-13-11-25)21-24-18-4-1-2-5-19(18)29-21;/h1-2,4-7,14H,3,8-13H2;1H. The number of anilines is 1. The molecule has 1 aliphatic rings. The summed E-state index contributed by atoms with van der Waals surface area (Å²) in [4.78, 5) is 21.9. The molecule has 0 atom stereocenters. The molecular weight excluding hydrogens is 448 g/mol. The van der Waals surface area contributed by atoms with Crippen molar-refractivity contribution in [1.29, 1.82) is 0 Å². The molecule has 0 bridgehead atoms. The summed E-state index contributed by atoms with van der Waals surface area (Å²) >= 11 is 7.63. The Bertz CT molecular complexity index is 978. The second-order valence-electron chi connectivity index (χ2n) is 6.85. The van der Waals surface area contributed by atoms with Crippen LogP contribution in [0.1, 0.15) is 16.8 Å². The Balaban J connectivity index is 0.00000256. The molecule has 0 spiro atoms. The zero-order valence-electron chi connectivity index (χ0n) is 16.2. The SMILES string of the molecule is Cl.O=C(c1ccc(F)cc1Cl)N(CCCN1CCOCC1)c1nc2ccccc2s1. The van der Waals surface area contributed by atoms with Gasteiger partial charge in [0.1, 0.15) is 5.82 Å². The molecule has 1 aromatic heterocycles. The van der Waals surface area contributed by atoms with E-state index in [0.29, 0.717) is 11.7 Å². The highest BCUT2D eigenvalue weighted by atomic mass is 35.5. The molecule has 1 fully saturated rings. The number of carbonyl (C=O) groups excluding carboxylic acids is 1. The van der Waals surface area contributed by atoms with Gasteiger partial charge in [0.05, 0.1) is 34.0 Å². The number of nitrogens with zero attached hydrogens (tertiary/aromatic N) is 3. The molecule has 0 unspecified atom stereocenters. The van der Waals surface area contributed by atoms with Crippen LogP contribution in [0.5, 0.6) is 0 Å². The van der Waals surface area contributed by atoms with E-state index in [0.717, 1.165) is 49.5 Å². The van der Waals surface area contributed by atoms with Gasteiger partial charge in [0.2, 0.25) is 0 Å². The second-order valence-corrected chi connectivity index (χ2v) is 8.27. The molecule has 0 saturated carbocycles. The molecule has 5 nitrogen and oxygen atoms in total. The molecule has 1 aliphatic heterocycles. The number of aromatic nitrogens is 1. The number of ether oxygens (including phenoxy) is 1. The van der Waals surface area contributed by atoms with E-state index in [1.54, 1.807) is 4.90 Å². The van der Waals surface area contributed by atoms with Crippen LogP contribution in [0.3, 0.4) is 0 Å². The smallest absolute Gasteiger partial charge is 0.261 e. The van der Waals surface area contributed by atoms with Gasteiger partial charge in [0.25, 0.3) is 5.91 Å². The molecule has 0 aliphatic carbocycles. The van der Waals surface area contributed by atoms with Gasteiger partial charge in [-0.2, -0.15) is 0 Å². The first kappa shape index (κ1) is 22.9. The van der Waals surface area contributed by atoms with Crippen molar-refractivity contribution in [2.24, 2.45) is 0 Å². The first-order chi connectivity index (χ1) is 14.1. The third kappa shape index (κ3) is 5.28. The summed E-state index contributed by atoms with van der Waals surface area (Å²) in [6.07, 6.45) is 0.792. The fourth-order valence-corrected chi connectivity index (χ4v) is 4.58. The zero-order valence-corrected chi connectivity index (χ0v) is 18.6. The molecule has 4 rings (SSSR count). The Morgan fingerprint density at radius 1 is 1.23 bits per heavy atom. The Morgan fingerprint density at radius 2 is 2.00 bits per heavy atom. The molecule has 9 heteroatoms. The molecule has 2 aromatic carbocycles. The minimum Gasteiger partial charge on any atom is -0.379 e. The predicted molar refractivity (Wildman–Crippen MR) is 122 cm³/mol.